The predicted molar refractivity (Wildman–Crippen MR) is 88.5 cm³/mol. The van der Waals surface area contributed by atoms with E-state index in [1.165, 1.54) is 16.5 Å². The van der Waals surface area contributed by atoms with E-state index in [1.54, 1.807) is 0 Å². The van der Waals surface area contributed by atoms with Crippen LogP contribution >= 0.6 is 0 Å². The lowest BCUT2D eigenvalue weighted by Crippen LogP contribution is -2.37. The zero-order valence-electron chi connectivity index (χ0n) is 12.8. The van der Waals surface area contributed by atoms with Gasteiger partial charge in [-0.05, 0) is 30.4 Å². The summed E-state index contributed by atoms with van der Waals surface area (Å²) >= 11 is 0. The standard InChI is InChI=1S/C19H20N2O/c1-19(14-15-6-2-4-8-17(15)20-19)16-7-3-5-9-18(16)21-10-12-22-13-11-21/h2-9,14H,10-13H2,1H3. The summed E-state index contributed by atoms with van der Waals surface area (Å²) in [5, 5.41) is 2.31. The van der Waals surface area contributed by atoms with Gasteiger partial charge in [-0.25, -0.2) is 0 Å². The SMILES string of the molecule is CC1(c2ccccc2N2CCOCC2)C=c2ccccc2=N1. The molecule has 0 radical (unpaired) electrons. The number of hydrogen-bond acceptors (Lipinski definition) is 3. The quantitative estimate of drug-likeness (QED) is 0.844. The number of para-hydroxylation sites is 2. The summed E-state index contributed by atoms with van der Waals surface area (Å²) in [6, 6.07) is 17.0. The summed E-state index contributed by atoms with van der Waals surface area (Å²) in [6.07, 6.45) is 2.28. The molecular formula is C19H20N2O. The third-order valence-electron chi connectivity index (χ3n) is 4.53. The topological polar surface area (TPSA) is 24.8 Å². The van der Waals surface area contributed by atoms with Gasteiger partial charge in [-0.3, -0.25) is 4.99 Å². The second kappa shape index (κ2) is 5.25. The molecule has 112 valence electrons. The fourth-order valence-electron chi connectivity index (χ4n) is 3.42. The van der Waals surface area contributed by atoms with E-state index in [-0.39, 0.29) is 5.54 Å². The van der Waals surface area contributed by atoms with Crippen LogP contribution in [0.15, 0.2) is 53.5 Å². The van der Waals surface area contributed by atoms with Gasteiger partial charge in [-0.2, -0.15) is 0 Å². The zero-order valence-corrected chi connectivity index (χ0v) is 12.8. The monoisotopic (exact) mass is 292 g/mol. The van der Waals surface area contributed by atoms with Gasteiger partial charge in [0.25, 0.3) is 0 Å². The van der Waals surface area contributed by atoms with E-state index in [0.717, 1.165) is 31.7 Å². The van der Waals surface area contributed by atoms with Gasteiger partial charge in [0.05, 0.1) is 18.6 Å². The third-order valence-corrected chi connectivity index (χ3v) is 4.53. The van der Waals surface area contributed by atoms with E-state index in [4.69, 9.17) is 9.73 Å². The van der Waals surface area contributed by atoms with Crippen LogP contribution < -0.4 is 15.5 Å². The molecule has 2 aromatic rings. The number of ether oxygens (including phenoxy) is 1. The van der Waals surface area contributed by atoms with E-state index < -0.39 is 0 Å². The second-order valence-electron chi connectivity index (χ2n) is 6.08. The van der Waals surface area contributed by atoms with Crippen molar-refractivity contribution in [3.8, 4) is 0 Å². The number of nitrogens with zero attached hydrogens (tertiary/aromatic N) is 2. The van der Waals surface area contributed by atoms with Crippen molar-refractivity contribution in [3.63, 3.8) is 0 Å². The Hall–Kier alpha value is -2.13. The molecule has 3 heteroatoms. The molecule has 2 aliphatic heterocycles. The molecule has 0 aliphatic carbocycles. The lowest BCUT2D eigenvalue weighted by Gasteiger charge is -2.33. The maximum absolute atomic E-state index is 5.49. The Bertz CT molecular complexity index is 771. The Labute approximate surface area is 130 Å². The lowest BCUT2D eigenvalue weighted by molar-refractivity contribution is 0.122. The highest BCUT2D eigenvalue weighted by molar-refractivity contribution is 5.63. The molecule has 1 fully saturated rings. The second-order valence-corrected chi connectivity index (χ2v) is 6.08. The van der Waals surface area contributed by atoms with Gasteiger partial charge in [0.2, 0.25) is 0 Å². The van der Waals surface area contributed by atoms with Crippen LogP contribution in [0.5, 0.6) is 0 Å². The number of hydrogen-bond donors (Lipinski definition) is 0. The first kappa shape index (κ1) is 13.5. The third kappa shape index (κ3) is 2.22. The largest absolute Gasteiger partial charge is 0.378 e. The number of fused-ring (bicyclic) bond motifs is 1. The molecule has 1 atom stereocenters. The molecule has 0 aromatic heterocycles. The van der Waals surface area contributed by atoms with Crippen LogP contribution in [0.2, 0.25) is 0 Å². The summed E-state index contributed by atoms with van der Waals surface area (Å²) in [6.45, 7) is 5.69. The number of anilines is 1. The highest BCUT2D eigenvalue weighted by Crippen LogP contribution is 2.35. The average molecular weight is 292 g/mol. The Morgan fingerprint density at radius 3 is 2.55 bits per heavy atom. The average Bonchev–Trinajstić information content (AvgIpc) is 2.93. The minimum Gasteiger partial charge on any atom is -0.378 e. The molecule has 2 aliphatic rings. The summed E-state index contributed by atoms with van der Waals surface area (Å²) < 4.78 is 5.49. The van der Waals surface area contributed by atoms with Crippen LogP contribution in [0.1, 0.15) is 12.5 Å². The first-order chi connectivity index (χ1) is 10.8. The molecule has 1 saturated heterocycles. The molecule has 22 heavy (non-hydrogen) atoms. The summed E-state index contributed by atoms with van der Waals surface area (Å²) in [7, 11) is 0. The van der Waals surface area contributed by atoms with Crippen molar-refractivity contribution in [2.24, 2.45) is 4.99 Å². The van der Waals surface area contributed by atoms with E-state index in [0.29, 0.717) is 0 Å². The van der Waals surface area contributed by atoms with Crippen LogP contribution in [0.4, 0.5) is 5.69 Å². The molecule has 0 spiro atoms. The first-order valence-corrected chi connectivity index (χ1v) is 7.86. The number of benzene rings is 2. The molecule has 4 rings (SSSR count). The molecule has 2 heterocycles. The van der Waals surface area contributed by atoms with Crippen molar-refractivity contribution in [1.29, 1.82) is 0 Å². The highest BCUT2D eigenvalue weighted by atomic mass is 16.5. The molecule has 0 saturated carbocycles. The zero-order chi connectivity index (χ0) is 15.0. The van der Waals surface area contributed by atoms with Gasteiger partial charge in [0.1, 0.15) is 5.54 Å². The lowest BCUT2D eigenvalue weighted by atomic mass is 9.90. The van der Waals surface area contributed by atoms with E-state index >= 15 is 0 Å². The normalized spacial score (nSPS) is 23.6. The minimum atomic E-state index is -0.293. The molecule has 0 amide bonds. The summed E-state index contributed by atoms with van der Waals surface area (Å²) in [5.74, 6) is 0. The van der Waals surface area contributed by atoms with Crippen molar-refractivity contribution >= 4 is 11.8 Å². The number of rotatable bonds is 2. The highest BCUT2D eigenvalue weighted by Gasteiger charge is 2.30. The van der Waals surface area contributed by atoms with E-state index in [1.807, 2.05) is 0 Å². The summed E-state index contributed by atoms with van der Waals surface area (Å²) in [4.78, 5) is 7.41. The maximum atomic E-state index is 5.49. The van der Waals surface area contributed by atoms with E-state index in [2.05, 4.69) is 66.4 Å². The van der Waals surface area contributed by atoms with Crippen molar-refractivity contribution in [2.75, 3.05) is 31.2 Å². The van der Waals surface area contributed by atoms with Crippen molar-refractivity contribution in [2.45, 2.75) is 12.5 Å². The van der Waals surface area contributed by atoms with Crippen molar-refractivity contribution in [1.82, 2.24) is 0 Å². The Kier molecular flexibility index (Phi) is 3.23. The van der Waals surface area contributed by atoms with Crippen LogP contribution in [0.3, 0.4) is 0 Å². The molecule has 1 unspecified atom stereocenters. The predicted octanol–water partition coefficient (Wildman–Crippen LogP) is 1.85. The maximum Gasteiger partial charge on any atom is 0.105 e. The summed E-state index contributed by atoms with van der Waals surface area (Å²) in [5.41, 5.74) is 2.26. The minimum absolute atomic E-state index is 0.293. The van der Waals surface area contributed by atoms with Crippen molar-refractivity contribution < 1.29 is 4.74 Å². The molecule has 2 aromatic carbocycles. The molecule has 3 nitrogen and oxygen atoms in total. The smallest absolute Gasteiger partial charge is 0.105 e. The molecule has 0 bridgehead atoms. The molecule has 0 N–H and O–H groups in total. The Balaban J connectivity index is 1.82. The van der Waals surface area contributed by atoms with Gasteiger partial charge in [-0.15, -0.1) is 0 Å². The molecular weight excluding hydrogens is 272 g/mol. The van der Waals surface area contributed by atoms with Gasteiger partial charge < -0.3 is 9.64 Å². The van der Waals surface area contributed by atoms with Gasteiger partial charge >= 0.3 is 0 Å². The first-order valence-electron chi connectivity index (χ1n) is 7.86. The fourth-order valence-corrected chi connectivity index (χ4v) is 3.42. The number of morpholine rings is 1. The van der Waals surface area contributed by atoms with Crippen LogP contribution in [-0.2, 0) is 10.3 Å². The van der Waals surface area contributed by atoms with Gasteiger partial charge in [-0.1, -0.05) is 36.4 Å². The Morgan fingerprint density at radius 1 is 1.00 bits per heavy atom. The Morgan fingerprint density at radius 2 is 1.73 bits per heavy atom. The van der Waals surface area contributed by atoms with Crippen LogP contribution in [0, 0.1) is 0 Å². The van der Waals surface area contributed by atoms with Crippen molar-refractivity contribution in [3.05, 3.63) is 64.7 Å². The van der Waals surface area contributed by atoms with Crippen LogP contribution in [-0.4, -0.2) is 26.3 Å². The van der Waals surface area contributed by atoms with Crippen LogP contribution in [0.25, 0.3) is 6.08 Å². The van der Waals surface area contributed by atoms with Gasteiger partial charge in [0, 0.05) is 24.3 Å². The van der Waals surface area contributed by atoms with Gasteiger partial charge in [0.15, 0.2) is 0 Å². The van der Waals surface area contributed by atoms with E-state index in [9.17, 15) is 0 Å². The fraction of sp³-hybridized carbons (Fsp3) is 0.316.